The summed E-state index contributed by atoms with van der Waals surface area (Å²) in [5.74, 6) is 1.21. The minimum Gasteiger partial charge on any atom is -0.317 e. The standard InChI is InChI=1S/C16H26FN/c1-4-13(3)9-15(12-18-5-2)10-14-7-6-8-16(17)11-14/h6-8,11,13,15,18H,4-5,9-10,12H2,1-3H3. The molecular formula is C16H26FN. The van der Waals surface area contributed by atoms with Crippen LogP contribution in [0.2, 0.25) is 0 Å². The van der Waals surface area contributed by atoms with Gasteiger partial charge < -0.3 is 5.32 Å². The van der Waals surface area contributed by atoms with E-state index < -0.39 is 0 Å². The molecule has 0 spiro atoms. The molecule has 0 aromatic heterocycles. The Morgan fingerprint density at radius 3 is 2.67 bits per heavy atom. The maximum Gasteiger partial charge on any atom is 0.123 e. The molecule has 1 rings (SSSR count). The van der Waals surface area contributed by atoms with Gasteiger partial charge in [-0.1, -0.05) is 39.3 Å². The summed E-state index contributed by atoms with van der Waals surface area (Å²) in [5.41, 5.74) is 1.11. The minimum atomic E-state index is -0.127. The van der Waals surface area contributed by atoms with Crippen molar-refractivity contribution >= 4 is 0 Å². The van der Waals surface area contributed by atoms with Crippen LogP contribution >= 0.6 is 0 Å². The summed E-state index contributed by atoms with van der Waals surface area (Å²) in [5, 5.41) is 3.42. The Balaban J connectivity index is 2.59. The van der Waals surface area contributed by atoms with Crippen LogP contribution in [-0.2, 0) is 6.42 Å². The van der Waals surface area contributed by atoms with Crippen LogP contribution < -0.4 is 5.32 Å². The van der Waals surface area contributed by atoms with Crippen LogP contribution in [-0.4, -0.2) is 13.1 Å². The minimum absolute atomic E-state index is 0.127. The van der Waals surface area contributed by atoms with Crippen molar-refractivity contribution in [2.75, 3.05) is 13.1 Å². The predicted octanol–water partition coefficient (Wildman–Crippen LogP) is 4.03. The molecule has 102 valence electrons. The first-order valence-electron chi connectivity index (χ1n) is 7.10. The van der Waals surface area contributed by atoms with Crippen molar-refractivity contribution in [1.29, 1.82) is 0 Å². The monoisotopic (exact) mass is 251 g/mol. The van der Waals surface area contributed by atoms with Crippen LogP contribution in [0.5, 0.6) is 0 Å². The summed E-state index contributed by atoms with van der Waals surface area (Å²) in [6.45, 7) is 8.68. The van der Waals surface area contributed by atoms with E-state index in [1.807, 2.05) is 6.07 Å². The fourth-order valence-electron chi connectivity index (χ4n) is 2.32. The zero-order valence-electron chi connectivity index (χ0n) is 11.9. The molecule has 0 bridgehead atoms. The highest BCUT2D eigenvalue weighted by Gasteiger charge is 2.13. The molecule has 0 aliphatic heterocycles. The zero-order chi connectivity index (χ0) is 13.4. The fourth-order valence-corrected chi connectivity index (χ4v) is 2.32. The third-order valence-electron chi connectivity index (χ3n) is 3.53. The van der Waals surface area contributed by atoms with Gasteiger partial charge in [0.25, 0.3) is 0 Å². The molecule has 0 heterocycles. The number of benzene rings is 1. The topological polar surface area (TPSA) is 12.0 Å². The van der Waals surface area contributed by atoms with Crippen molar-refractivity contribution < 1.29 is 4.39 Å². The van der Waals surface area contributed by atoms with Crippen molar-refractivity contribution in [3.8, 4) is 0 Å². The third kappa shape index (κ3) is 5.63. The largest absolute Gasteiger partial charge is 0.317 e. The van der Waals surface area contributed by atoms with Gasteiger partial charge in [-0.3, -0.25) is 0 Å². The number of rotatable bonds is 8. The molecule has 0 saturated carbocycles. The molecule has 1 nitrogen and oxygen atoms in total. The summed E-state index contributed by atoms with van der Waals surface area (Å²) in [7, 11) is 0. The van der Waals surface area contributed by atoms with Crippen molar-refractivity contribution in [1.82, 2.24) is 5.32 Å². The maximum atomic E-state index is 13.2. The molecule has 0 saturated heterocycles. The first-order chi connectivity index (χ1) is 8.65. The fraction of sp³-hybridized carbons (Fsp3) is 0.625. The van der Waals surface area contributed by atoms with Gasteiger partial charge in [0, 0.05) is 0 Å². The van der Waals surface area contributed by atoms with E-state index in [0.717, 1.165) is 31.0 Å². The van der Waals surface area contributed by atoms with E-state index in [1.165, 1.54) is 18.9 Å². The molecule has 1 aromatic carbocycles. The first-order valence-corrected chi connectivity index (χ1v) is 7.10. The van der Waals surface area contributed by atoms with Crippen LogP contribution in [0.15, 0.2) is 24.3 Å². The van der Waals surface area contributed by atoms with Crippen molar-refractivity contribution in [2.24, 2.45) is 11.8 Å². The predicted molar refractivity (Wildman–Crippen MR) is 76.2 cm³/mol. The highest BCUT2D eigenvalue weighted by molar-refractivity contribution is 5.16. The van der Waals surface area contributed by atoms with Gasteiger partial charge in [-0.15, -0.1) is 0 Å². The Kier molecular flexibility index (Phi) is 6.96. The van der Waals surface area contributed by atoms with Gasteiger partial charge >= 0.3 is 0 Å². The summed E-state index contributed by atoms with van der Waals surface area (Å²) >= 11 is 0. The number of hydrogen-bond acceptors (Lipinski definition) is 1. The van der Waals surface area contributed by atoms with Gasteiger partial charge in [0.2, 0.25) is 0 Å². The smallest absolute Gasteiger partial charge is 0.123 e. The molecule has 0 aliphatic carbocycles. The van der Waals surface area contributed by atoms with Crippen LogP contribution in [0, 0.1) is 17.7 Å². The molecule has 0 amide bonds. The average molecular weight is 251 g/mol. The van der Waals surface area contributed by atoms with Crippen LogP contribution in [0.1, 0.15) is 39.2 Å². The van der Waals surface area contributed by atoms with Gasteiger partial charge in [0.1, 0.15) is 5.82 Å². The SMILES string of the molecule is CCNCC(Cc1cccc(F)c1)CC(C)CC. The van der Waals surface area contributed by atoms with Gasteiger partial charge in [-0.25, -0.2) is 4.39 Å². The summed E-state index contributed by atoms with van der Waals surface area (Å²) < 4.78 is 13.2. The van der Waals surface area contributed by atoms with E-state index in [1.54, 1.807) is 12.1 Å². The summed E-state index contributed by atoms with van der Waals surface area (Å²) in [6.07, 6.45) is 3.39. The maximum absolute atomic E-state index is 13.2. The molecule has 0 aliphatic rings. The Labute approximate surface area is 111 Å². The average Bonchev–Trinajstić information content (AvgIpc) is 2.35. The number of hydrogen-bond donors (Lipinski definition) is 1. The lowest BCUT2D eigenvalue weighted by atomic mass is 9.89. The Bertz CT molecular complexity index is 338. The molecule has 2 atom stereocenters. The number of nitrogens with one attached hydrogen (secondary N) is 1. The Morgan fingerprint density at radius 2 is 2.06 bits per heavy atom. The normalized spacial score (nSPS) is 14.4. The summed E-state index contributed by atoms with van der Waals surface area (Å²) in [6, 6.07) is 7.00. The van der Waals surface area contributed by atoms with Gasteiger partial charge in [-0.2, -0.15) is 0 Å². The molecule has 0 fully saturated rings. The second-order valence-electron chi connectivity index (χ2n) is 5.26. The van der Waals surface area contributed by atoms with E-state index in [-0.39, 0.29) is 5.82 Å². The first kappa shape index (κ1) is 15.2. The van der Waals surface area contributed by atoms with Gasteiger partial charge in [0.15, 0.2) is 0 Å². The van der Waals surface area contributed by atoms with Crippen molar-refractivity contribution in [2.45, 2.75) is 40.0 Å². The quantitative estimate of drug-likeness (QED) is 0.735. The van der Waals surface area contributed by atoms with Crippen LogP contribution in [0.4, 0.5) is 4.39 Å². The van der Waals surface area contributed by atoms with Crippen molar-refractivity contribution in [3.63, 3.8) is 0 Å². The van der Waals surface area contributed by atoms with Gasteiger partial charge in [0.05, 0.1) is 0 Å². The zero-order valence-corrected chi connectivity index (χ0v) is 11.9. The van der Waals surface area contributed by atoms with E-state index in [0.29, 0.717) is 5.92 Å². The van der Waals surface area contributed by atoms with E-state index >= 15 is 0 Å². The molecule has 0 radical (unpaired) electrons. The highest BCUT2D eigenvalue weighted by Crippen LogP contribution is 2.19. The van der Waals surface area contributed by atoms with Crippen molar-refractivity contribution in [3.05, 3.63) is 35.6 Å². The number of halogens is 1. The van der Waals surface area contributed by atoms with Crippen LogP contribution in [0.25, 0.3) is 0 Å². The van der Waals surface area contributed by atoms with E-state index in [4.69, 9.17) is 0 Å². The molecule has 1 N–H and O–H groups in total. The molecular weight excluding hydrogens is 225 g/mol. The Morgan fingerprint density at radius 1 is 1.28 bits per heavy atom. The van der Waals surface area contributed by atoms with E-state index in [9.17, 15) is 4.39 Å². The molecule has 18 heavy (non-hydrogen) atoms. The third-order valence-corrected chi connectivity index (χ3v) is 3.53. The lowest BCUT2D eigenvalue weighted by molar-refractivity contribution is 0.365. The lowest BCUT2D eigenvalue weighted by Crippen LogP contribution is -2.25. The highest BCUT2D eigenvalue weighted by atomic mass is 19.1. The lowest BCUT2D eigenvalue weighted by Gasteiger charge is -2.20. The molecule has 2 heteroatoms. The Hall–Kier alpha value is -0.890. The second-order valence-corrected chi connectivity index (χ2v) is 5.26. The molecule has 2 unspecified atom stereocenters. The second kappa shape index (κ2) is 8.25. The van der Waals surface area contributed by atoms with Crippen LogP contribution in [0.3, 0.4) is 0 Å². The van der Waals surface area contributed by atoms with E-state index in [2.05, 4.69) is 26.1 Å². The summed E-state index contributed by atoms with van der Waals surface area (Å²) in [4.78, 5) is 0. The van der Waals surface area contributed by atoms with Gasteiger partial charge in [-0.05, 0) is 55.5 Å². The molecule has 1 aromatic rings.